The average molecular weight is 251 g/mol. The van der Waals surface area contributed by atoms with Crippen molar-refractivity contribution in [1.29, 1.82) is 0 Å². The Morgan fingerprint density at radius 1 is 1.39 bits per heavy atom. The number of amides is 1. The third-order valence-electron chi connectivity index (χ3n) is 3.35. The molecule has 0 spiro atoms. The van der Waals surface area contributed by atoms with Gasteiger partial charge in [-0.2, -0.15) is 5.10 Å². The number of anilines is 1. The zero-order valence-corrected chi connectivity index (χ0v) is 11.0. The van der Waals surface area contributed by atoms with Gasteiger partial charge in [0.2, 0.25) is 5.91 Å². The molecule has 1 aliphatic heterocycles. The number of carbonyl (C=O) groups excluding carboxylic acids is 1. The van der Waals surface area contributed by atoms with Gasteiger partial charge in [0.1, 0.15) is 6.54 Å². The molecular weight excluding hydrogens is 230 g/mol. The van der Waals surface area contributed by atoms with E-state index in [4.69, 9.17) is 5.73 Å². The molecule has 2 heterocycles. The highest BCUT2D eigenvalue weighted by molar-refractivity contribution is 5.76. The quantitative estimate of drug-likeness (QED) is 0.822. The highest BCUT2D eigenvalue weighted by atomic mass is 16.2. The molecule has 0 bridgehead atoms. The lowest BCUT2D eigenvalue weighted by atomic mass is 10.2. The minimum absolute atomic E-state index is 0.113. The molecule has 6 nitrogen and oxygen atoms in total. The van der Waals surface area contributed by atoms with Crippen LogP contribution in [0.1, 0.15) is 13.8 Å². The second-order valence-corrected chi connectivity index (χ2v) is 4.98. The van der Waals surface area contributed by atoms with Crippen molar-refractivity contribution in [3.63, 3.8) is 0 Å². The largest absolute Gasteiger partial charge is 0.396 e. The molecular formula is C12H21N5O. The fourth-order valence-electron chi connectivity index (χ4n) is 2.19. The Kier molecular flexibility index (Phi) is 3.86. The molecule has 0 radical (unpaired) electrons. The summed E-state index contributed by atoms with van der Waals surface area (Å²) in [7, 11) is 0. The molecule has 18 heavy (non-hydrogen) atoms. The van der Waals surface area contributed by atoms with E-state index >= 15 is 0 Å². The third-order valence-corrected chi connectivity index (χ3v) is 3.35. The van der Waals surface area contributed by atoms with E-state index in [1.54, 1.807) is 17.1 Å². The minimum atomic E-state index is 0.113. The molecule has 0 aliphatic carbocycles. The first-order valence-electron chi connectivity index (χ1n) is 6.36. The van der Waals surface area contributed by atoms with Crippen molar-refractivity contribution in [3.8, 4) is 0 Å². The molecule has 0 unspecified atom stereocenters. The van der Waals surface area contributed by atoms with Crippen molar-refractivity contribution in [3.05, 3.63) is 12.4 Å². The summed E-state index contributed by atoms with van der Waals surface area (Å²) in [5, 5.41) is 4.03. The Labute approximate surface area is 107 Å². The fraction of sp³-hybridized carbons (Fsp3) is 0.667. The highest BCUT2D eigenvalue weighted by Gasteiger charge is 2.22. The second kappa shape index (κ2) is 5.39. The first-order valence-corrected chi connectivity index (χ1v) is 6.36. The van der Waals surface area contributed by atoms with E-state index in [9.17, 15) is 4.79 Å². The topological polar surface area (TPSA) is 67.4 Å². The Bertz CT molecular complexity index is 406. The Balaban J connectivity index is 1.84. The van der Waals surface area contributed by atoms with Crippen molar-refractivity contribution >= 4 is 11.6 Å². The summed E-state index contributed by atoms with van der Waals surface area (Å²) >= 11 is 0. The smallest absolute Gasteiger partial charge is 0.244 e. The minimum Gasteiger partial charge on any atom is -0.396 e. The first kappa shape index (κ1) is 12.9. The van der Waals surface area contributed by atoms with Gasteiger partial charge in [0, 0.05) is 38.4 Å². The lowest BCUT2D eigenvalue weighted by Crippen LogP contribution is -2.51. The van der Waals surface area contributed by atoms with Gasteiger partial charge in [-0.25, -0.2) is 0 Å². The summed E-state index contributed by atoms with van der Waals surface area (Å²) < 4.78 is 1.59. The number of hydrogen-bond acceptors (Lipinski definition) is 4. The van der Waals surface area contributed by atoms with Crippen LogP contribution in [0, 0.1) is 0 Å². The number of rotatable bonds is 3. The number of nitrogens with two attached hydrogens (primary N) is 1. The van der Waals surface area contributed by atoms with Crippen LogP contribution in [0.5, 0.6) is 0 Å². The second-order valence-electron chi connectivity index (χ2n) is 4.98. The number of aromatic nitrogens is 2. The Hall–Kier alpha value is -1.56. The number of nitrogen functional groups attached to an aromatic ring is 1. The van der Waals surface area contributed by atoms with Crippen LogP contribution in [0.4, 0.5) is 5.69 Å². The summed E-state index contributed by atoms with van der Waals surface area (Å²) in [6.07, 6.45) is 3.24. The summed E-state index contributed by atoms with van der Waals surface area (Å²) in [4.78, 5) is 16.3. The van der Waals surface area contributed by atoms with Crippen molar-refractivity contribution < 1.29 is 4.79 Å². The summed E-state index contributed by atoms with van der Waals surface area (Å²) in [5.74, 6) is 0.113. The Morgan fingerprint density at radius 3 is 2.56 bits per heavy atom. The molecule has 1 aromatic rings. The van der Waals surface area contributed by atoms with E-state index < -0.39 is 0 Å². The van der Waals surface area contributed by atoms with Gasteiger partial charge in [0.05, 0.1) is 11.9 Å². The standard InChI is InChI=1S/C12H21N5O/c1-10(2)15-3-5-16(6-4-15)12(18)9-17-8-11(13)7-14-17/h7-8,10H,3-6,9,13H2,1-2H3. The zero-order valence-electron chi connectivity index (χ0n) is 11.0. The van der Waals surface area contributed by atoms with Gasteiger partial charge in [-0.05, 0) is 13.8 Å². The van der Waals surface area contributed by atoms with Crippen LogP contribution in [0.15, 0.2) is 12.4 Å². The molecule has 100 valence electrons. The lowest BCUT2D eigenvalue weighted by molar-refractivity contribution is -0.134. The molecule has 1 fully saturated rings. The van der Waals surface area contributed by atoms with Gasteiger partial charge >= 0.3 is 0 Å². The van der Waals surface area contributed by atoms with Crippen LogP contribution in [0.3, 0.4) is 0 Å². The highest BCUT2D eigenvalue weighted by Crippen LogP contribution is 2.07. The molecule has 6 heteroatoms. The van der Waals surface area contributed by atoms with E-state index in [0.717, 1.165) is 26.2 Å². The third kappa shape index (κ3) is 3.01. The molecule has 1 aliphatic rings. The van der Waals surface area contributed by atoms with Gasteiger partial charge < -0.3 is 10.6 Å². The van der Waals surface area contributed by atoms with E-state index in [0.29, 0.717) is 11.7 Å². The van der Waals surface area contributed by atoms with Gasteiger partial charge in [0.25, 0.3) is 0 Å². The molecule has 1 saturated heterocycles. The lowest BCUT2D eigenvalue weighted by Gasteiger charge is -2.36. The van der Waals surface area contributed by atoms with Crippen molar-refractivity contribution in [2.45, 2.75) is 26.4 Å². The predicted molar refractivity (Wildman–Crippen MR) is 69.9 cm³/mol. The predicted octanol–water partition coefficient (Wildman–Crippen LogP) is 0.0179. The van der Waals surface area contributed by atoms with Crippen molar-refractivity contribution in [2.75, 3.05) is 31.9 Å². The fourth-order valence-corrected chi connectivity index (χ4v) is 2.19. The average Bonchev–Trinajstić information content (AvgIpc) is 2.75. The maximum Gasteiger partial charge on any atom is 0.244 e. The molecule has 1 amide bonds. The van der Waals surface area contributed by atoms with Gasteiger partial charge in [0.15, 0.2) is 0 Å². The summed E-state index contributed by atoms with van der Waals surface area (Å²) in [6, 6.07) is 0.549. The zero-order chi connectivity index (χ0) is 13.1. The van der Waals surface area contributed by atoms with Crippen LogP contribution < -0.4 is 5.73 Å². The number of hydrogen-bond donors (Lipinski definition) is 1. The van der Waals surface area contributed by atoms with Crippen LogP contribution in [-0.2, 0) is 11.3 Å². The number of nitrogens with zero attached hydrogens (tertiary/aromatic N) is 4. The van der Waals surface area contributed by atoms with E-state index in [1.807, 2.05) is 4.90 Å². The van der Waals surface area contributed by atoms with Crippen LogP contribution in [-0.4, -0.2) is 57.7 Å². The monoisotopic (exact) mass is 251 g/mol. The van der Waals surface area contributed by atoms with Crippen molar-refractivity contribution in [1.82, 2.24) is 19.6 Å². The maximum atomic E-state index is 12.1. The Morgan fingerprint density at radius 2 is 2.06 bits per heavy atom. The van der Waals surface area contributed by atoms with E-state index in [-0.39, 0.29) is 12.5 Å². The summed E-state index contributed by atoms with van der Waals surface area (Å²) in [6.45, 7) is 8.14. The number of carbonyl (C=O) groups is 1. The van der Waals surface area contributed by atoms with Gasteiger partial charge in [-0.3, -0.25) is 14.4 Å². The van der Waals surface area contributed by atoms with Crippen LogP contribution in [0.2, 0.25) is 0 Å². The van der Waals surface area contributed by atoms with E-state index in [2.05, 4.69) is 23.8 Å². The molecule has 2 rings (SSSR count). The maximum absolute atomic E-state index is 12.1. The molecule has 0 aromatic carbocycles. The summed E-state index contributed by atoms with van der Waals surface area (Å²) in [5.41, 5.74) is 6.16. The first-order chi connectivity index (χ1) is 8.56. The SMILES string of the molecule is CC(C)N1CCN(C(=O)Cn2cc(N)cn2)CC1. The molecule has 1 aromatic heterocycles. The molecule has 0 saturated carbocycles. The molecule has 2 N–H and O–H groups in total. The van der Waals surface area contributed by atoms with Gasteiger partial charge in [-0.15, -0.1) is 0 Å². The van der Waals surface area contributed by atoms with Gasteiger partial charge in [-0.1, -0.05) is 0 Å². The normalized spacial score (nSPS) is 17.4. The van der Waals surface area contributed by atoms with Crippen LogP contribution in [0.25, 0.3) is 0 Å². The molecule has 0 atom stereocenters. The van der Waals surface area contributed by atoms with Crippen LogP contribution >= 0.6 is 0 Å². The van der Waals surface area contributed by atoms with E-state index in [1.165, 1.54) is 0 Å². The van der Waals surface area contributed by atoms with Crippen molar-refractivity contribution in [2.24, 2.45) is 0 Å². The number of piperazine rings is 1.